The summed E-state index contributed by atoms with van der Waals surface area (Å²) in [6.45, 7) is 6.62. The normalized spacial score (nSPS) is 22.5. The molecule has 1 aromatic heterocycles. The lowest BCUT2D eigenvalue weighted by Gasteiger charge is -2.35. The van der Waals surface area contributed by atoms with Crippen molar-refractivity contribution in [2.75, 3.05) is 5.32 Å². The van der Waals surface area contributed by atoms with E-state index in [0.717, 1.165) is 18.4 Å². The minimum Gasteiger partial charge on any atom is -0.448 e. The fourth-order valence-corrected chi connectivity index (χ4v) is 4.26. The number of esters is 1. The van der Waals surface area contributed by atoms with E-state index in [1.807, 2.05) is 30.3 Å². The highest BCUT2D eigenvalue weighted by Crippen LogP contribution is 2.29. The fourth-order valence-electron chi connectivity index (χ4n) is 3.58. The highest BCUT2D eigenvalue weighted by molar-refractivity contribution is 7.13. The van der Waals surface area contributed by atoms with Gasteiger partial charge in [-0.2, -0.15) is 0 Å². The molecular weight excluding hydrogens is 386 g/mol. The Bertz CT molecular complexity index is 824. The Hall–Kier alpha value is -2.41. The van der Waals surface area contributed by atoms with Crippen molar-refractivity contribution in [2.24, 2.45) is 11.8 Å². The summed E-state index contributed by atoms with van der Waals surface area (Å²) in [6, 6.07) is 10.1. The molecule has 0 unspecified atom stereocenters. The zero-order valence-electron chi connectivity index (χ0n) is 17.2. The molecule has 156 valence electrons. The minimum atomic E-state index is -0.852. The lowest BCUT2D eigenvalue weighted by Crippen LogP contribution is -2.47. The molecule has 0 saturated heterocycles. The van der Waals surface area contributed by atoms with E-state index in [9.17, 15) is 9.59 Å². The number of nitrogens with one attached hydrogen (secondary N) is 2. The van der Waals surface area contributed by atoms with Crippen LogP contribution in [0.2, 0.25) is 0 Å². The van der Waals surface area contributed by atoms with E-state index in [0.29, 0.717) is 23.5 Å². The van der Waals surface area contributed by atoms with Crippen molar-refractivity contribution >= 4 is 28.3 Å². The van der Waals surface area contributed by atoms with Gasteiger partial charge in [-0.1, -0.05) is 57.0 Å². The average molecular weight is 416 g/mol. The summed E-state index contributed by atoms with van der Waals surface area (Å²) in [5.74, 6) is 0.180. The largest absolute Gasteiger partial charge is 0.448 e. The lowest BCUT2D eigenvalue weighted by molar-refractivity contribution is -0.130. The number of carbonyl (C=O) groups is 2. The number of anilines is 1. The van der Waals surface area contributed by atoms with Crippen LogP contribution in [0.3, 0.4) is 0 Å². The van der Waals surface area contributed by atoms with Gasteiger partial charge in [0.2, 0.25) is 0 Å². The Morgan fingerprint density at radius 2 is 2.00 bits per heavy atom. The maximum absolute atomic E-state index is 12.5. The summed E-state index contributed by atoms with van der Waals surface area (Å²) in [4.78, 5) is 29.1. The zero-order valence-corrected chi connectivity index (χ0v) is 18.0. The molecule has 7 heteroatoms. The maximum Gasteiger partial charge on any atom is 0.358 e. The van der Waals surface area contributed by atoms with E-state index >= 15 is 0 Å². The molecule has 1 heterocycles. The van der Waals surface area contributed by atoms with Crippen molar-refractivity contribution in [1.82, 2.24) is 10.3 Å². The molecule has 1 aromatic carbocycles. The Morgan fingerprint density at radius 3 is 2.76 bits per heavy atom. The van der Waals surface area contributed by atoms with Crippen molar-refractivity contribution in [2.45, 2.75) is 58.7 Å². The molecule has 1 aliphatic carbocycles. The molecule has 0 bridgehead atoms. The van der Waals surface area contributed by atoms with E-state index in [1.165, 1.54) is 17.8 Å². The second-order valence-corrected chi connectivity index (χ2v) is 8.67. The first kappa shape index (κ1) is 21.3. The SMILES string of the molecule is C[C@H]1[C@H](C)CCC[C@H]1NC(=O)[C@H](C)OC(=O)c1csc(NCc2ccccc2)n1. The Kier molecular flexibility index (Phi) is 7.25. The van der Waals surface area contributed by atoms with Gasteiger partial charge in [0.1, 0.15) is 0 Å². The average Bonchev–Trinajstić information content (AvgIpc) is 3.20. The molecule has 0 radical (unpaired) electrons. The summed E-state index contributed by atoms with van der Waals surface area (Å²) in [5.41, 5.74) is 1.34. The highest BCUT2D eigenvalue weighted by Gasteiger charge is 2.30. The van der Waals surface area contributed by atoms with Gasteiger partial charge in [0.15, 0.2) is 16.9 Å². The molecule has 6 nitrogen and oxygen atoms in total. The van der Waals surface area contributed by atoms with Gasteiger partial charge in [0, 0.05) is 18.0 Å². The van der Waals surface area contributed by atoms with Gasteiger partial charge in [0.25, 0.3) is 5.91 Å². The summed E-state index contributed by atoms with van der Waals surface area (Å²) in [5, 5.41) is 8.53. The van der Waals surface area contributed by atoms with Crippen LogP contribution in [0.25, 0.3) is 0 Å². The van der Waals surface area contributed by atoms with E-state index in [1.54, 1.807) is 12.3 Å². The molecule has 1 amide bonds. The summed E-state index contributed by atoms with van der Waals surface area (Å²) < 4.78 is 5.34. The number of rotatable bonds is 7. The Morgan fingerprint density at radius 1 is 1.24 bits per heavy atom. The van der Waals surface area contributed by atoms with Crippen molar-refractivity contribution in [3.8, 4) is 0 Å². The number of carbonyl (C=O) groups excluding carboxylic acids is 2. The van der Waals surface area contributed by atoms with Gasteiger partial charge >= 0.3 is 5.97 Å². The third kappa shape index (κ3) is 5.79. The van der Waals surface area contributed by atoms with Crippen molar-refractivity contribution in [3.05, 3.63) is 47.0 Å². The van der Waals surface area contributed by atoms with Gasteiger partial charge in [-0.25, -0.2) is 9.78 Å². The van der Waals surface area contributed by atoms with Crippen LogP contribution in [0.1, 0.15) is 56.1 Å². The van der Waals surface area contributed by atoms with Crippen LogP contribution in [-0.2, 0) is 16.1 Å². The van der Waals surface area contributed by atoms with Crippen LogP contribution in [-0.4, -0.2) is 29.0 Å². The van der Waals surface area contributed by atoms with Crippen LogP contribution in [0, 0.1) is 11.8 Å². The van der Waals surface area contributed by atoms with Crippen LogP contribution in [0.4, 0.5) is 5.13 Å². The number of ether oxygens (including phenoxy) is 1. The van der Waals surface area contributed by atoms with E-state index in [4.69, 9.17) is 4.74 Å². The number of thiazole rings is 1. The van der Waals surface area contributed by atoms with Gasteiger partial charge in [-0.3, -0.25) is 4.79 Å². The van der Waals surface area contributed by atoms with Crippen LogP contribution >= 0.6 is 11.3 Å². The molecule has 3 rings (SSSR count). The van der Waals surface area contributed by atoms with Gasteiger partial charge in [-0.05, 0) is 30.7 Å². The summed E-state index contributed by atoms with van der Waals surface area (Å²) >= 11 is 1.34. The third-order valence-corrected chi connectivity index (χ3v) is 6.49. The van der Waals surface area contributed by atoms with Crippen molar-refractivity contribution in [3.63, 3.8) is 0 Å². The summed E-state index contributed by atoms with van der Waals surface area (Å²) in [6.07, 6.45) is 2.43. The molecule has 1 saturated carbocycles. The molecule has 2 aromatic rings. The Labute approximate surface area is 176 Å². The molecule has 0 spiro atoms. The number of nitrogens with zero attached hydrogens (tertiary/aromatic N) is 1. The fraction of sp³-hybridized carbons (Fsp3) is 0.500. The third-order valence-electron chi connectivity index (χ3n) is 5.69. The van der Waals surface area contributed by atoms with E-state index in [2.05, 4.69) is 29.5 Å². The number of hydrogen-bond acceptors (Lipinski definition) is 6. The molecule has 0 aliphatic heterocycles. The van der Waals surface area contributed by atoms with Crippen molar-refractivity contribution < 1.29 is 14.3 Å². The van der Waals surface area contributed by atoms with Crippen LogP contribution < -0.4 is 10.6 Å². The van der Waals surface area contributed by atoms with Gasteiger partial charge in [0.05, 0.1) is 0 Å². The van der Waals surface area contributed by atoms with Gasteiger partial charge in [-0.15, -0.1) is 11.3 Å². The zero-order chi connectivity index (χ0) is 20.8. The molecule has 1 fully saturated rings. The molecular formula is C22H29N3O3S. The summed E-state index contributed by atoms with van der Waals surface area (Å²) in [7, 11) is 0. The molecule has 2 N–H and O–H groups in total. The number of aromatic nitrogens is 1. The second kappa shape index (κ2) is 9.87. The first-order valence-electron chi connectivity index (χ1n) is 10.2. The predicted molar refractivity (Wildman–Crippen MR) is 115 cm³/mol. The minimum absolute atomic E-state index is 0.139. The smallest absolute Gasteiger partial charge is 0.358 e. The monoisotopic (exact) mass is 415 g/mol. The quantitative estimate of drug-likeness (QED) is 0.661. The first-order chi connectivity index (χ1) is 13.9. The van der Waals surface area contributed by atoms with Crippen LogP contribution in [0.15, 0.2) is 35.7 Å². The maximum atomic E-state index is 12.5. The second-order valence-electron chi connectivity index (χ2n) is 7.81. The topological polar surface area (TPSA) is 80.3 Å². The standard InChI is InChI=1S/C22H29N3O3S/c1-14-8-7-11-18(15(14)2)24-20(26)16(3)28-21(27)19-13-29-22(25-19)23-12-17-9-5-4-6-10-17/h4-6,9-10,13-16,18H,7-8,11-12H2,1-3H3,(H,23,25)(H,24,26)/t14-,15+,16+,18-/m1/s1. The van der Waals surface area contributed by atoms with Crippen LogP contribution in [0.5, 0.6) is 0 Å². The molecule has 1 aliphatic rings. The van der Waals surface area contributed by atoms with Gasteiger partial charge < -0.3 is 15.4 Å². The predicted octanol–water partition coefficient (Wildman–Crippen LogP) is 4.24. The number of amides is 1. The Balaban J connectivity index is 1.49. The first-order valence-corrected chi connectivity index (χ1v) is 11.1. The lowest BCUT2D eigenvalue weighted by atomic mass is 9.78. The molecule has 4 atom stereocenters. The highest BCUT2D eigenvalue weighted by atomic mass is 32.1. The van der Waals surface area contributed by atoms with Crippen molar-refractivity contribution in [1.29, 1.82) is 0 Å². The van der Waals surface area contributed by atoms with E-state index < -0.39 is 12.1 Å². The number of benzene rings is 1. The number of hydrogen-bond donors (Lipinski definition) is 2. The molecule has 29 heavy (non-hydrogen) atoms. The van der Waals surface area contributed by atoms with E-state index in [-0.39, 0.29) is 17.6 Å².